The SMILES string of the molecule is Cc1ccc(C(=O)c2cccc(NCC(O)CCl)c2)cc1C. The Morgan fingerprint density at radius 3 is 2.55 bits per heavy atom. The van der Waals surface area contributed by atoms with Crippen molar-refractivity contribution in [2.24, 2.45) is 0 Å². The Hall–Kier alpha value is -1.84. The molecule has 3 nitrogen and oxygen atoms in total. The van der Waals surface area contributed by atoms with Crippen LogP contribution in [0, 0.1) is 13.8 Å². The van der Waals surface area contributed by atoms with Crippen LogP contribution in [0.4, 0.5) is 5.69 Å². The second-order valence-corrected chi connectivity index (χ2v) is 5.71. The molecule has 116 valence electrons. The number of carbonyl (C=O) groups excluding carboxylic acids is 1. The molecule has 22 heavy (non-hydrogen) atoms. The van der Waals surface area contributed by atoms with E-state index in [9.17, 15) is 9.90 Å². The molecule has 2 N–H and O–H groups in total. The Morgan fingerprint density at radius 2 is 1.86 bits per heavy atom. The molecule has 0 aliphatic heterocycles. The summed E-state index contributed by atoms with van der Waals surface area (Å²) in [6, 6.07) is 13.0. The molecule has 0 fully saturated rings. The van der Waals surface area contributed by atoms with E-state index < -0.39 is 6.10 Å². The van der Waals surface area contributed by atoms with Gasteiger partial charge in [0.1, 0.15) is 0 Å². The highest BCUT2D eigenvalue weighted by molar-refractivity contribution is 6.18. The normalized spacial score (nSPS) is 12.0. The van der Waals surface area contributed by atoms with E-state index in [4.69, 9.17) is 11.6 Å². The van der Waals surface area contributed by atoms with Gasteiger partial charge in [0, 0.05) is 23.4 Å². The number of ketones is 1. The van der Waals surface area contributed by atoms with Crippen LogP contribution >= 0.6 is 11.6 Å². The van der Waals surface area contributed by atoms with Gasteiger partial charge in [-0.3, -0.25) is 4.79 Å². The fourth-order valence-corrected chi connectivity index (χ4v) is 2.22. The monoisotopic (exact) mass is 317 g/mol. The van der Waals surface area contributed by atoms with Gasteiger partial charge in [0.2, 0.25) is 0 Å². The molecule has 0 saturated carbocycles. The van der Waals surface area contributed by atoms with E-state index >= 15 is 0 Å². The van der Waals surface area contributed by atoms with Crippen LogP contribution in [0.1, 0.15) is 27.0 Å². The van der Waals surface area contributed by atoms with Crippen LogP contribution < -0.4 is 5.32 Å². The average molecular weight is 318 g/mol. The summed E-state index contributed by atoms with van der Waals surface area (Å²) in [5, 5.41) is 12.5. The molecule has 1 unspecified atom stereocenters. The van der Waals surface area contributed by atoms with E-state index in [0.717, 1.165) is 11.3 Å². The van der Waals surface area contributed by atoms with E-state index in [0.29, 0.717) is 17.7 Å². The average Bonchev–Trinajstić information content (AvgIpc) is 2.54. The molecule has 1 atom stereocenters. The number of anilines is 1. The summed E-state index contributed by atoms with van der Waals surface area (Å²) in [6.07, 6.45) is -0.610. The molecular formula is C18H20ClNO2. The first-order valence-electron chi connectivity index (χ1n) is 7.21. The quantitative estimate of drug-likeness (QED) is 0.633. The topological polar surface area (TPSA) is 49.3 Å². The van der Waals surface area contributed by atoms with Crippen molar-refractivity contribution in [1.82, 2.24) is 0 Å². The summed E-state index contributed by atoms with van der Waals surface area (Å²) >= 11 is 5.56. The Labute approximate surface area is 135 Å². The summed E-state index contributed by atoms with van der Waals surface area (Å²) in [4.78, 5) is 12.6. The van der Waals surface area contributed by atoms with Gasteiger partial charge in [-0.1, -0.05) is 24.3 Å². The Bertz CT molecular complexity index is 670. The number of carbonyl (C=O) groups is 1. The van der Waals surface area contributed by atoms with E-state index in [1.807, 2.05) is 44.2 Å². The molecule has 0 aliphatic rings. The molecule has 2 aromatic carbocycles. The number of aliphatic hydroxyl groups is 1. The minimum absolute atomic E-state index is 0.00959. The number of aliphatic hydroxyl groups excluding tert-OH is 1. The smallest absolute Gasteiger partial charge is 0.193 e. The van der Waals surface area contributed by atoms with E-state index in [2.05, 4.69) is 5.32 Å². The maximum atomic E-state index is 12.6. The minimum Gasteiger partial charge on any atom is -0.390 e. The molecule has 2 rings (SSSR count). The second kappa shape index (κ2) is 7.43. The van der Waals surface area contributed by atoms with Crippen molar-refractivity contribution < 1.29 is 9.90 Å². The standard InChI is InChI=1S/C18H20ClNO2/c1-12-6-7-15(8-13(12)2)18(22)14-4-3-5-16(9-14)20-11-17(21)10-19/h3-9,17,20-21H,10-11H2,1-2H3. The number of hydrogen-bond donors (Lipinski definition) is 2. The van der Waals surface area contributed by atoms with Gasteiger partial charge >= 0.3 is 0 Å². The number of hydrogen-bond acceptors (Lipinski definition) is 3. The molecule has 0 heterocycles. The summed E-state index contributed by atoms with van der Waals surface area (Å²) < 4.78 is 0. The summed E-state index contributed by atoms with van der Waals surface area (Å²) in [6.45, 7) is 4.37. The van der Waals surface area contributed by atoms with Crippen LogP contribution in [0.15, 0.2) is 42.5 Å². The third-order valence-electron chi connectivity index (χ3n) is 3.61. The highest BCUT2D eigenvalue weighted by Crippen LogP contribution is 2.17. The van der Waals surface area contributed by atoms with Crippen LogP contribution in [0.3, 0.4) is 0 Å². The predicted octanol–water partition coefficient (Wildman–Crippen LogP) is 3.55. The summed E-state index contributed by atoms with van der Waals surface area (Å²) in [5.41, 5.74) is 4.36. The van der Waals surface area contributed by atoms with Gasteiger partial charge in [-0.15, -0.1) is 11.6 Å². The molecule has 0 aromatic heterocycles. The van der Waals surface area contributed by atoms with Crippen LogP contribution in [0.5, 0.6) is 0 Å². The zero-order valence-electron chi connectivity index (χ0n) is 12.8. The lowest BCUT2D eigenvalue weighted by Crippen LogP contribution is -2.20. The fourth-order valence-electron chi connectivity index (χ4n) is 2.11. The maximum Gasteiger partial charge on any atom is 0.193 e. The highest BCUT2D eigenvalue weighted by Gasteiger charge is 2.11. The number of halogens is 1. The Kier molecular flexibility index (Phi) is 5.58. The van der Waals surface area contributed by atoms with Crippen molar-refractivity contribution in [2.45, 2.75) is 20.0 Å². The van der Waals surface area contributed by atoms with Crippen molar-refractivity contribution >= 4 is 23.1 Å². The van der Waals surface area contributed by atoms with E-state index in [1.54, 1.807) is 12.1 Å². The molecule has 0 bridgehead atoms. The first-order chi connectivity index (χ1) is 10.5. The van der Waals surface area contributed by atoms with Crippen molar-refractivity contribution in [3.8, 4) is 0 Å². The zero-order chi connectivity index (χ0) is 16.1. The minimum atomic E-state index is -0.610. The number of benzene rings is 2. The van der Waals surface area contributed by atoms with Crippen LogP contribution in [-0.4, -0.2) is 29.4 Å². The number of nitrogens with one attached hydrogen (secondary N) is 1. The molecule has 0 radical (unpaired) electrons. The summed E-state index contributed by atoms with van der Waals surface area (Å²) in [7, 11) is 0. The molecule has 4 heteroatoms. The molecule has 0 saturated heterocycles. The lowest BCUT2D eigenvalue weighted by atomic mass is 9.99. The first kappa shape index (κ1) is 16.5. The van der Waals surface area contributed by atoms with Gasteiger partial charge in [0.15, 0.2) is 5.78 Å². The molecule has 0 aliphatic carbocycles. The molecular weight excluding hydrogens is 298 g/mol. The third-order valence-corrected chi connectivity index (χ3v) is 3.97. The van der Waals surface area contributed by atoms with Crippen LogP contribution in [-0.2, 0) is 0 Å². The largest absolute Gasteiger partial charge is 0.390 e. The number of aryl methyl sites for hydroxylation is 2. The van der Waals surface area contributed by atoms with Crippen molar-refractivity contribution in [2.75, 3.05) is 17.7 Å². The first-order valence-corrected chi connectivity index (χ1v) is 7.74. The van der Waals surface area contributed by atoms with E-state index in [-0.39, 0.29) is 11.7 Å². The summed E-state index contributed by atoms with van der Waals surface area (Å²) in [5.74, 6) is 0.165. The van der Waals surface area contributed by atoms with Crippen LogP contribution in [0.2, 0.25) is 0 Å². The third kappa shape index (κ3) is 4.09. The number of rotatable bonds is 6. The lowest BCUT2D eigenvalue weighted by Gasteiger charge is -2.11. The van der Waals surface area contributed by atoms with Crippen LogP contribution in [0.25, 0.3) is 0 Å². The zero-order valence-corrected chi connectivity index (χ0v) is 13.5. The maximum absolute atomic E-state index is 12.6. The van der Waals surface area contributed by atoms with Crippen molar-refractivity contribution in [3.63, 3.8) is 0 Å². The number of alkyl halides is 1. The highest BCUT2D eigenvalue weighted by atomic mass is 35.5. The van der Waals surface area contributed by atoms with Gasteiger partial charge in [-0.05, 0) is 43.2 Å². The van der Waals surface area contributed by atoms with E-state index in [1.165, 1.54) is 5.56 Å². The molecule has 2 aromatic rings. The molecule has 0 spiro atoms. The van der Waals surface area contributed by atoms with Crippen molar-refractivity contribution in [1.29, 1.82) is 0 Å². The van der Waals surface area contributed by atoms with Gasteiger partial charge < -0.3 is 10.4 Å². The van der Waals surface area contributed by atoms with Gasteiger partial charge in [0.25, 0.3) is 0 Å². The second-order valence-electron chi connectivity index (χ2n) is 5.40. The van der Waals surface area contributed by atoms with Gasteiger partial charge in [0.05, 0.1) is 12.0 Å². The van der Waals surface area contributed by atoms with Gasteiger partial charge in [-0.25, -0.2) is 0 Å². The lowest BCUT2D eigenvalue weighted by molar-refractivity contribution is 0.103. The van der Waals surface area contributed by atoms with Crippen molar-refractivity contribution in [3.05, 3.63) is 64.7 Å². The fraction of sp³-hybridized carbons (Fsp3) is 0.278. The molecule has 0 amide bonds. The Balaban J connectivity index is 2.17. The van der Waals surface area contributed by atoms with Gasteiger partial charge in [-0.2, -0.15) is 0 Å². The predicted molar refractivity (Wildman–Crippen MR) is 91.0 cm³/mol. The Morgan fingerprint density at radius 1 is 1.14 bits per heavy atom.